The molecular weight excluding hydrogens is 389 g/mol. The van der Waals surface area contributed by atoms with Crippen molar-refractivity contribution in [2.24, 2.45) is 0 Å². The van der Waals surface area contributed by atoms with E-state index in [2.05, 4.69) is 15.4 Å². The fourth-order valence-electron chi connectivity index (χ4n) is 3.04. The van der Waals surface area contributed by atoms with Crippen molar-refractivity contribution in [3.8, 4) is 0 Å². The molecule has 8 nitrogen and oxygen atoms in total. The van der Waals surface area contributed by atoms with E-state index in [4.69, 9.17) is 4.74 Å². The third kappa shape index (κ3) is 6.69. The Morgan fingerprint density at radius 2 is 2.11 bits per heavy atom. The largest absolute Gasteiger partial charge is 0.394 e. The average Bonchev–Trinajstić information content (AvgIpc) is 2.67. The number of carbonyl (C=O) groups is 1. The van der Waals surface area contributed by atoms with Crippen molar-refractivity contribution in [1.29, 1.82) is 0 Å². The van der Waals surface area contributed by atoms with E-state index in [0.29, 0.717) is 25.8 Å². The SMILES string of the molecule is CCCNC(=O)N[C@@H]1CC[C@H](CCNS(=O)(=O)c2cccc(F)c2)O[C@H]1CO. The molecule has 0 spiro atoms. The number of hydrogen-bond acceptors (Lipinski definition) is 5. The van der Waals surface area contributed by atoms with Gasteiger partial charge in [0.2, 0.25) is 10.0 Å². The molecule has 2 amide bonds. The quantitative estimate of drug-likeness (QED) is 0.480. The highest BCUT2D eigenvalue weighted by atomic mass is 32.2. The van der Waals surface area contributed by atoms with E-state index in [9.17, 15) is 22.7 Å². The van der Waals surface area contributed by atoms with Crippen LogP contribution < -0.4 is 15.4 Å². The first-order valence-electron chi connectivity index (χ1n) is 9.41. The number of urea groups is 1. The van der Waals surface area contributed by atoms with E-state index in [1.165, 1.54) is 18.2 Å². The highest BCUT2D eigenvalue weighted by molar-refractivity contribution is 7.89. The number of benzene rings is 1. The van der Waals surface area contributed by atoms with Gasteiger partial charge in [-0.2, -0.15) is 0 Å². The number of hydrogen-bond donors (Lipinski definition) is 4. The Morgan fingerprint density at radius 1 is 1.32 bits per heavy atom. The van der Waals surface area contributed by atoms with Crippen molar-refractivity contribution in [2.75, 3.05) is 19.7 Å². The van der Waals surface area contributed by atoms with Crippen LogP contribution in [0.2, 0.25) is 0 Å². The van der Waals surface area contributed by atoms with E-state index < -0.39 is 21.9 Å². The number of halogens is 1. The maximum absolute atomic E-state index is 13.2. The number of aliphatic hydroxyl groups is 1. The third-order valence-electron chi connectivity index (χ3n) is 4.51. The molecular formula is C18H28FN3O5S. The van der Waals surface area contributed by atoms with Gasteiger partial charge in [0.05, 0.1) is 23.6 Å². The van der Waals surface area contributed by atoms with Gasteiger partial charge in [-0.05, 0) is 43.9 Å². The monoisotopic (exact) mass is 417 g/mol. The maximum Gasteiger partial charge on any atom is 0.315 e. The molecule has 0 bridgehead atoms. The van der Waals surface area contributed by atoms with Crippen LogP contribution in [0.5, 0.6) is 0 Å². The lowest BCUT2D eigenvalue weighted by Gasteiger charge is -2.36. The van der Waals surface area contributed by atoms with E-state index >= 15 is 0 Å². The first-order valence-corrected chi connectivity index (χ1v) is 10.9. The first-order chi connectivity index (χ1) is 13.4. The molecule has 1 aromatic carbocycles. The molecule has 1 aromatic rings. The second kappa shape index (κ2) is 10.7. The van der Waals surface area contributed by atoms with Gasteiger partial charge in [0.1, 0.15) is 11.9 Å². The lowest BCUT2D eigenvalue weighted by atomic mass is 9.97. The molecule has 3 atom stereocenters. The highest BCUT2D eigenvalue weighted by Crippen LogP contribution is 2.22. The molecule has 0 radical (unpaired) electrons. The molecule has 0 aliphatic carbocycles. The van der Waals surface area contributed by atoms with Crippen molar-refractivity contribution in [1.82, 2.24) is 15.4 Å². The zero-order chi connectivity index (χ0) is 20.6. The van der Waals surface area contributed by atoms with Gasteiger partial charge in [-0.25, -0.2) is 22.3 Å². The summed E-state index contributed by atoms with van der Waals surface area (Å²) in [6.07, 6.45) is 1.67. The van der Waals surface area contributed by atoms with E-state index in [0.717, 1.165) is 12.5 Å². The van der Waals surface area contributed by atoms with Gasteiger partial charge in [0.15, 0.2) is 0 Å². The number of aliphatic hydroxyl groups excluding tert-OH is 1. The third-order valence-corrected chi connectivity index (χ3v) is 5.97. The summed E-state index contributed by atoms with van der Waals surface area (Å²) in [5, 5.41) is 15.1. The second-order valence-corrected chi connectivity index (χ2v) is 8.47. The van der Waals surface area contributed by atoms with Gasteiger partial charge in [-0.3, -0.25) is 0 Å². The summed E-state index contributed by atoms with van der Waals surface area (Å²) in [5.74, 6) is -0.620. The van der Waals surface area contributed by atoms with E-state index in [1.807, 2.05) is 6.92 Å². The summed E-state index contributed by atoms with van der Waals surface area (Å²) in [5.41, 5.74) is 0. The molecule has 1 aliphatic heterocycles. The van der Waals surface area contributed by atoms with Crippen LogP contribution in [0.4, 0.5) is 9.18 Å². The normalized spacial score (nSPS) is 22.6. The summed E-state index contributed by atoms with van der Waals surface area (Å²) in [6.45, 7) is 2.39. The Kier molecular flexibility index (Phi) is 8.61. The van der Waals surface area contributed by atoms with Crippen LogP contribution in [0.25, 0.3) is 0 Å². The fourth-order valence-corrected chi connectivity index (χ4v) is 4.12. The van der Waals surface area contributed by atoms with Crippen LogP contribution in [-0.4, -0.2) is 57.5 Å². The Morgan fingerprint density at radius 3 is 2.79 bits per heavy atom. The lowest BCUT2D eigenvalue weighted by Crippen LogP contribution is -2.53. The van der Waals surface area contributed by atoms with Gasteiger partial charge in [-0.15, -0.1) is 0 Å². The summed E-state index contributed by atoms with van der Waals surface area (Å²) in [6, 6.07) is 4.20. The molecule has 0 unspecified atom stereocenters. The van der Waals surface area contributed by atoms with Gasteiger partial charge in [0.25, 0.3) is 0 Å². The minimum Gasteiger partial charge on any atom is -0.394 e. The van der Waals surface area contributed by atoms with Gasteiger partial charge in [0, 0.05) is 13.1 Å². The summed E-state index contributed by atoms with van der Waals surface area (Å²) >= 11 is 0. The predicted molar refractivity (Wildman–Crippen MR) is 102 cm³/mol. The fraction of sp³-hybridized carbons (Fsp3) is 0.611. The summed E-state index contributed by atoms with van der Waals surface area (Å²) < 4.78 is 45.8. The molecule has 158 valence electrons. The van der Waals surface area contributed by atoms with Gasteiger partial charge < -0.3 is 20.5 Å². The van der Waals surface area contributed by atoms with Crippen LogP contribution in [0.1, 0.15) is 32.6 Å². The Balaban J connectivity index is 1.81. The molecule has 0 saturated carbocycles. The molecule has 2 rings (SSSR count). The number of nitrogens with one attached hydrogen (secondary N) is 3. The minimum absolute atomic E-state index is 0.122. The Bertz CT molecular complexity index is 746. The van der Waals surface area contributed by atoms with Crippen LogP contribution >= 0.6 is 0 Å². The molecule has 1 fully saturated rings. The topological polar surface area (TPSA) is 117 Å². The highest BCUT2D eigenvalue weighted by Gasteiger charge is 2.31. The zero-order valence-electron chi connectivity index (χ0n) is 15.9. The van der Waals surface area contributed by atoms with Crippen molar-refractivity contribution < 1.29 is 27.4 Å². The molecule has 28 heavy (non-hydrogen) atoms. The van der Waals surface area contributed by atoms with Crippen molar-refractivity contribution in [2.45, 2.75) is 55.8 Å². The number of carbonyl (C=O) groups excluding carboxylic acids is 1. The molecule has 10 heteroatoms. The maximum atomic E-state index is 13.2. The van der Waals surface area contributed by atoms with Crippen LogP contribution in [-0.2, 0) is 14.8 Å². The van der Waals surface area contributed by atoms with E-state index in [1.54, 1.807) is 0 Å². The van der Waals surface area contributed by atoms with Crippen LogP contribution in [0.15, 0.2) is 29.2 Å². The zero-order valence-corrected chi connectivity index (χ0v) is 16.7. The Hall–Kier alpha value is -1.75. The van der Waals surface area contributed by atoms with Crippen LogP contribution in [0, 0.1) is 5.82 Å². The van der Waals surface area contributed by atoms with E-state index in [-0.39, 0.29) is 36.2 Å². The first kappa shape index (κ1) is 22.5. The molecule has 4 N–H and O–H groups in total. The van der Waals surface area contributed by atoms with Crippen molar-refractivity contribution in [3.63, 3.8) is 0 Å². The van der Waals surface area contributed by atoms with Crippen molar-refractivity contribution in [3.05, 3.63) is 30.1 Å². The number of sulfonamides is 1. The van der Waals surface area contributed by atoms with Crippen LogP contribution in [0.3, 0.4) is 0 Å². The van der Waals surface area contributed by atoms with Gasteiger partial charge in [-0.1, -0.05) is 13.0 Å². The molecule has 1 saturated heterocycles. The number of amides is 2. The second-order valence-electron chi connectivity index (χ2n) is 6.71. The van der Waals surface area contributed by atoms with Crippen molar-refractivity contribution >= 4 is 16.1 Å². The average molecular weight is 418 g/mol. The lowest BCUT2D eigenvalue weighted by molar-refractivity contribution is -0.0886. The predicted octanol–water partition coefficient (Wildman–Crippen LogP) is 1.11. The number of rotatable bonds is 9. The molecule has 1 heterocycles. The standard InChI is InChI=1S/C18H28FN3O5S/c1-2-9-20-18(24)22-16-7-6-14(27-17(16)12-23)8-10-21-28(25,26)15-5-3-4-13(19)11-15/h3-5,11,14,16-17,21,23H,2,6-10,12H2,1H3,(H2,20,22,24)/t14-,16-,17+/m1/s1. The minimum atomic E-state index is -3.80. The smallest absolute Gasteiger partial charge is 0.315 e. The summed E-state index contributed by atoms with van der Waals surface area (Å²) in [7, 11) is -3.80. The molecule has 1 aliphatic rings. The summed E-state index contributed by atoms with van der Waals surface area (Å²) in [4.78, 5) is 11.7. The number of ether oxygens (including phenoxy) is 1. The molecule has 0 aromatic heterocycles. The Labute approximate surface area is 164 Å². The van der Waals surface area contributed by atoms with Gasteiger partial charge >= 0.3 is 6.03 Å².